The zero-order valence-corrected chi connectivity index (χ0v) is 13.2. The number of carbonyl (C=O) groups is 3. The number of benzene rings is 1. The number of nitrogen functional groups attached to an aromatic ring is 1. The predicted molar refractivity (Wildman–Crippen MR) is 87.0 cm³/mol. The van der Waals surface area contributed by atoms with Crippen LogP contribution in [-0.4, -0.2) is 40.9 Å². The first-order valence-electron chi connectivity index (χ1n) is 6.54. The van der Waals surface area contributed by atoms with E-state index in [-0.39, 0.29) is 11.5 Å². The lowest BCUT2D eigenvalue weighted by Gasteiger charge is -2.15. The van der Waals surface area contributed by atoms with Gasteiger partial charge >= 0.3 is 5.97 Å². The van der Waals surface area contributed by atoms with Crippen LogP contribution in [0.3, 0.4) is 0 Å². The van der Waals surface area contributed by atoms with Crippen molar-refractivity contribution in [1.29, 1.82) is 0 Å². The number of hydrogen-bond donors (Lipinski definition) is 4. The second kappa shape index (κ2) is 8.28. The van der Waals surface area contributed by atoms with Crippen molar-refractivity contribution >= 4 is 40.9 Å². The Morgan fingerprint density at radius 1 is 1.32 bits per heavy atom. The van der Waals surface area contributed by atoms with Gasteiger partial charge in [-0.05, 0) is 36.6 Å². The number of hydrogen-bond acceptors (Lipinski definition) is 5. The Labute approximate surface area is 132 Å². The highest BCUT2D eigenvalue weighted by Gasteiger charge is 2.20. The van der Waals surface area contributed by atoms with Gasteiger partial charge in [0.25, 0.3) is 5.91 Å². The molecule has 2 amide bonds. The molecule has 0 aromatic heterocycles. The number of amides is 2. The third kappa shape index (κ3) is 5.65. The number of nitrogens with one attached hydrogen (secondary N) is 2. The maximum atomic E-state index is 12.2. The monoisotopic (exact) mass is 325 g/mol. The van der Waals surface area contributed by atoms with Crippen LogP contribution < -0.4 is 16.4 Å². The van der Waals surface area contributed by atoms with Gasteiger partial charge < -0.3 is 21.5 Å². The van der Waals surface area contributed by atoms with Gasteiger partial charge in [-0.3, -0.25) is 9.59 Å². The molecule has 1 rings (SSSR count). The molecule has 0 heterocycles. The third-order valence-electron chi connectivity index (χ3n) is 2.75. The first-order chi connectivity index (χ1) is 10.3. The molecule has 0 saturated carbocycles. The molecule has 0 aliphatic heterocycles. The molecule has 5 N–H and O–H groups in total. The molecule has 0 bridgehead atoms. The van der Waals surface area contributed by atoms with Crippen LogP contribution in [0.4, 0.5) is 11.4 Å². The van der Waals surface area contributed by atoms with Crippen LogP contribution in [0.25, 0.3) is 0 Å². The normalized spacial score (nSPS) is 11.5. The van der Waals surface area contributed by atoms with Crippen molar-refractivity contribution in [3.8, 4) is 0 Å². The van der Waals surface area contributed by atoms with Crippen molar-refractivity contribution in [2.75, 3.05) is 23.1 Å². The van der Waals surface area contributed by atoms with Gasteiger partial charge in [0.15, 0.2) is 0 Å². The highest BCUT2D eigenvalue weighted by Crippen LogP contribution is 2.17. The Kier molecular flexibility index (Phi) is 6.71. The fourth-order valence-corrected chi connectivity index (χ4v) is 2.26. The van der Waals surface area contributed by atoms with Crippen molar-refractivity contribution in [3.63, 3.8) is 0 Å². The zero-order valence-electron chi connectivity index (χ0n) is 12.4. The highest BCUT2D eigenvalue weighted by atomic mass is 32.2. The van der Waals surface area contributed by atoms with Crippen molar-refractivity contribution < 1.29 is 19.5 Å². The molecule has 120 valence electrons. The molecular formula is C14H19N3O4S. The third-order valence-corrected chi connectivity index (χ3v) is 3.40. The van der Waals surface area contributed by atoms with E-state index in [1.165, 1.54) is 36.9 Å². The van der Waals surface area contributed by atoms with Crippen LogP contribution in [-0.2, 0) is 9.59 Å². The van der Waals surface area contributed by atoms with Gasteiger partial charge in [-0.2, -0.15) is 11.8 Å². The fraction of sp³-hybridized carbons (Fsp3) is 0.357. The molecule has 0 fully saturated rings. The summed E-state index contributed by atoms with van der Waals surface area (Å²) in [5, 5.41) is 14.1. The van der Waals surface area contributed by atoms with E-state index < -0.39 is 17.9 Å². The molecule has 22 heavy (non-hydrogen) atoms. The molecule has 7 nitrogen and oxygen atoms in total. The minimum atomic E-state index is -1.09. The molecule has 0 spiro atoms. The van der Waals surface area contributed by atoms with E-state index in [1.54, 1.807) is 0 Å². The van der Waals surface area contributed by atoms with Crippen LogP contribution in [0.2, 0.25) is 0 Å². The molecule has 8 heteroatoms. The van der Waals surface area contributed by atoms with Crippen LogP contribution in [0.5, 0.6) is 0 Å². The molecular weight excluding hydrogens is 306 g/mol. The maximum Gasteiger partial charge on any atom is 0.326 e. The fourth-order valence-electron chi connectivity index (χ4n) is 1.79. The average molecular weight is 325 g/mol. The van der Waals surface area contributed by atoms with Crippen LogP contribution in [0, 0.1) is 0 Å². The Balaban J connectivity index is 2.89. The van der Waals surface area contributed by atoms with Gasteiger partial charge in [0.1, 0.15) is 6.04 Å². The van der Waals surface area contributed by atoms with Gasteiger partial charge in [-0.1, -0.05) is 0 Å². The number of carboxylic acids is 1. The number of rotatable bonds is 7. The minimum absolute atomic E-state index is 0.194. The van der Waals surface area contributed by atoms with E-state index in [0.29, 0.717) is 23.5 Å². The Hall–Kier alpha value is -2.22. The Bertz CT molecular complexity index is 577. The number of carboxylic acid groups (broad SMARTS) is 1. The molecule has 1 aromatic carbocycles. The smallest absolute Gasteiger partial charge is 0.326 e. The van der Waals surface area contributed by atoms with Crippen molar-refractivity contribution in [1.82, 2.24) is 5.32 Å². The van der Waals surface area contributed by atoms with Crippen molar-refractivity contribution in [3.05, 3.63) is 23.8 Å². The molecule has 0 aliphatic rings. The van der Waals surface area contributed by atoms with Gasteiger partial charge in [0.05, 0.1) is 0 Å². The van der Waals surface area contributed by atoms with Crippen molar-refractivity contribution in [2.45, 2.75) is 19.4 Å². The summed E-state index contributed by atoms with van der Waals surface area (Å²) in [6.07, 6.45) is 2.18. The second-order valence-corrected chi connectivity index (χ2v) is 5.66. The summed E-state index contributed by atoms with van der Waals surface area (Å²) in [4.78, 5) is 34.4. The SMILES string of the molecule is CSCCC(NC(=O)c1cc(N)cc(NC(C)=O)c1)C(=O)O. The summed E-state index contributed by atoms with van der Waals surface area (Å²) >= 11 is 1.50. The minimum Gasteiger partial charge on any atom is -0.480 e. The lowest BCUT2D eigenvalue weighted by atomic mass is 10.1. The number of aliphatic carboxylic acids is 1. The number of anilines is 2. The van der Waals surface area contributed by atoms with E-state index in [4.69, 9.17) is 10.8 Å². The van der Waals surface area contributed by atoms with E-state index in [0.717, 1.165) is 0 Å². The lowest BCUT2D eigenvalue weighted by molar-refractivity contribution is -0.139. The summed E-state index contributed by atoms with van der Waals surface area (Å²) in [7, 11) is 0. The average Bonchev–Trinajstić information content (AvgIpc) is 2.41. The predicted octanol–water partition coefficient (Wildman–Crippen LogP) is 1.16. The summed E-state index contributed by atoms with van der Waals surface area (Å²) in [6.45, 7) is 1.34. The van der Waals surface area contributed by atoms with Crippen LogP contribution >= 0.6 is 11.8 Å². The summed E-state index contributed by atoms with van der Waals surface area (Å²) in [6, 6.07) is 3.42. The molecule has 1 unspecified atom stereocenters. The Morgan fingerprint density at radius 3 is 2.55 bits per heavy atom. The first kappa shape index (κ1) is 17.8. The quantitative estimate of drug-likeness (QED) is 0.558. The number of nitrogens with two attached hydrogens (primary N) is 1. The van der Waals surface area contributed by atoms with E-state index in [9.17, 15) is 14.4 Å². The summed E-state index contributed by atoms with van der Waals surface area (Å²) < 4.78 is 0. The lowest BCUT2D eigenvalue weighted by Crippen LogP contribution is -2.41. The first-order valence-corrected chi connectivity index (χ1v) is 7.93. The van der Waals surface area contributed by atoms with Gasteiger partial charge in [-0.25, -0.2) is 4.79 Å². The standard InChI is InChI=1S/C14H19N3O4S/c1-8(18)16-11-6-9(5-10(15)7-11)13(19)17-12(14(20)21)3-4-22-2/h5-7,12H,3-4,15H2,1-2H3,(H,16,18)(H,17,19)(H,20,21). The number of carbonyl (C=O) groups excluding carboxylic acids is 2. The molecule has 1 atom stereocenters. The molecule has 0 aliphatic carbocycles. The molecule has 0 radical (unpaired) electrons. The van der Waals surface area contributed by atoms with Gasteiger partial charge in [0, 0.05) is 23.9 Å². The summed E-state index contributed by atoms with van der Waals surface area (Å²) in [5.74, 6) is -1.31. The molecule has 0 saturated heterocycles. The van der Waals surface area contributed by atoms with E-state index in [1.807, 2.05) is 6.26 Å². The summed E-state index contributed by atoms with van der Waals surface area (Å²) in [5.41, 5.74) is 6.57. The Morgan fingerprint density at radius 2 is 2.00 bits per heavy atom. The van der Waals surface area contributed by atoms with E-state index in [2.05, 4.69) is 10.6 Å². The van der Waals surface area contributed by atoms with Crippen molar-refractivity contribution in [2.24, 2.45) is 0 Å². The maximum absolute atomic E-state index is 12.2. The van der Waals surface area contributed by atoms with E-state index >= 15 is 0 Å². The van der Waals surface area contributed by atoms with Crippen LogP contribution in [0.15, 0.2) is 18.2 Å². The highest BCUT2D eigenvalue weighted by molar-refractivity contribution is 7.98. The van der Waals surface area contributed by atoms with Gasteiger partial charge in [-0.15, -0.1) is 0 Å². The van der Waals surface area contributed by atoms with Crippen LogP contribution in [0.1, 0.15) is 23.7 Å². The second-order valence-electron chi connectivity index (χ2n) is 4.67. The topological polar surface area (TPSA) is 122 Å². The number of thioether (sulfide) groups is 1. The zero-order chi connectivity index (χ0) is 16.7. The molecule has 1 aromatic rings. The largest absolute Gasteiger partial charge is 0.480 e. The van der Waals surface area contributed by atoms with Gasteiger partial charge in [0.2, 0.25) is 5.91 Å².